The summed E-state index contributed by atoms with van der Waals surface area (Å²) in [5, 5.41) is 8.74. The highest BCUT2D eigenvalue weighted by Crippen LogP contribution is 2.11. The van der Waals surface area contributed by atoms with Gasteiger partial charge in [0.05, 0.1) is 12.0 Å². The van der Waals surface area contributed by atoms with E-state index >= 15 is 0 Å². The van der Waals surface area contributed by atoms with Crippen LogP contribution in [0.5, 0.6) is 0 Å². The van der Waals surface area contributed by atoms with Crippen molar-refractivity contribution in [2.75, 3.05) is 6.61 Å². The van der Waals surface area contributed by atoms with E-state index in [1.54, 1.807) is 0 Å². The molecule has 3 heteroatoms. The Morgan fingerprint density at radius 3 is 2.46 bits per heavy atom. The number of hydrogen-bond acceptors (Lipinski definition) is 2. The van der Waals surface area contributed by atoms with Gasteiger partial charge in [-0.1, -0.05) is 6.92 Å². The zero-order chi connectivity index (χ0) is 10.3. The lowest BCUT2D eigenvalue weighted by Gasteiger charge is -2.10. The Morgan fingerprint density at radius 2 is 2.08 bits per heavy atom. The van der Waals surface area contributed by atoms with Crippen molar-refractivity contribution in [3.8, 4) is 0 Å². The molecule has 0 saturated carbocycles. The van der Waals surface area contributed by atoms with Crippen molar-refractivity contribution < 1.29 is 14.6 Å². The van der Waals surface area contributed by atoms with Gasteiger partial charge in [0.25, 0.3) is 0 Å². The molecule has 0 aromatic carbocycles. The third-order valence-corrected chi connectivity index (χ3v) is 1.99. The van der Waals surface area contributed by atoms with Crippen LogP contribution in [0, 0.1) is 5.92 Å². The molecule has 0 spiro atoms. The minimum atomic E-state index is -0.688. The van der Waals surface area contributed by atoms with Gasteiger partial charge in [-0.3, -0.25) is 4.79 Å². The Bertz CT molecular complexity index is 143. The molecule has 0 radical (unpaired) electrons. The zero-order valence-electron chi connectivity index (χ0n) is 8.75. The predicted octanol–water partition coefficient (Wildman–Crippen LogP) is 2.30. The number of carboxylic acids is 1. The largest absolute Gasteiger partial charge is 0.481 e. The number of hydrogen-bond donors (Lipinski definition) is 1. The fourth-order valence-electron chi connectivity index (χ4n) is 1.15. The van der Waals surface area contributed by atoms with E-state index in [9.17, 15) is 4.79 Å². The Balaban J connectivity index is 3.44. The molecular formula is C10H20O3. The van der Waals surface area contributed by atoms with Crippen LogP contribution in [-0.4, -0.2) is 23.8 Å². The van der Waals surface area contributed by atoms with E-state index in [0.29, 0.717) is 13.0 Å². The molecule has 0 aromatic heterocycles. The number of carbonyl (C=O) groups is 1. The molecule has 0 fully saturated rings. The smallest absolute Gasteiger partial charge is 0.306 e. The number of carboxylic acid groups (broad SMARTS) is 1. The van der Waals surface area contributed by atoms with Gasteiger partial charge in [-0.05, 0) is 33.1 Å². The van der Waals surface area contributed by atoms with Crippen LogP contribution in [0.4, 0.5) is 0 Å². The quantitative estimate of drug-likeness (QED) is 0.623. The fourth-order valence-corrected chi connectivity index (χ4v) is 1.15. The first-order valence-corrected chi connectivity index (χ1v) is 4.92. The molecule has 1 atom stereocenters. The summed E-state index contributed by atoms with van der Waals surface area (Å²) in [6, 6.07) is 0. The molecule has 0 aliphatic carbocycles. The van der Waals surface area contributed by atoms with Crippen LogP contribution in [-0.2, 0) is 9.53 Å². The summed E-state index contributed by atoms with van der Waals surface area (Å²) in [5.74, 6) is -0.886. The second-order valence-corrected chi connectivity index (χ2v) is 3.51. The molecule has 0 rings (SSSR count). The van der Waals surface area contributed by atoms with Crippen molar-refractivity contribution in [3.63, 3.8) is 0 Å². The second-order valence-electron chi connectivity index (χ2n) is 3.51. The van der Waals surface area contributed by atoms with E-state index < -0.39 is 5.97 Å². The molecule has 0 aliphatic rings. The van der Waals surface area contributed by atoms with Crippen molar-refractivity contribution in [3.05, 3.63) is 0 Å². The molecular weight excluding hydrogens is 168 g/mol. The first-order chi connectivity index (χ1) is 6.07. The average Bonchev–Trinajstić information content (AvgIpc) is 2.03. The van der Waals surface area contributed by atoms with E-state index in [0.717, 1.165) is 12.8 Å². The summed E-state index contributed by atoms with van der Waals surface area (Å²) in [6.45, 7) is 6.53. The Kier molecular flexibility index (Phi) is 6.59. The van der Waals surface area contributed by atoms with Crippen molar-refractivity contribution in [1.29, 1.82) is 0 Å². The van der Waals surface area contributed by atoms with Gasteiger partial charge in [0.15, 0.2) is 0 Å². The lowest BCUT2D eigenvalue weighted by Crippen LogP contribution is -2.14. The summed E-state index contributed by atoms with van der Waals surface area (Å²) < 4.78 is 5.32. The topological polar surface area (TPSA) is 46.5 Å². The van der Waals surface area contributed by atoms with Crippen molar-refractivity contribution >= 4 is 5.97 Å². The SMILES string of the molecule is CCC(CCCOC(C)C)C(=O)O. The van der Waals surface area contributed by atoms with Crippen LogP contribution in [0.3, 0.4) is 0 Å². The fraction of sp³-hybridized carbons (Fsp3) is 0.900. The van der Waals surface area contributed by atoms with Gasteiger partial charge in [-0.15, -0.1) is 0 Å². The van der Waals surface area contributed by atoms with E-state index in [2.05, 4.69) is 0 Å². The third kappa shape index (κ3) is 6.58. The summed E-state index contributed by atoms with van der Waals surface area (Å²) in [4.78, 5) is 10.6. The van der Waals surface area contributed by atoms with Gasteiger partial charge in [0.1, 0.15) is 0 Å². The standard InChI is InChI=1S/C10H20O3/c1-4-9(10(11)12)6-5-7-13-8(2)3/h8-9H,4-7H2,1-3H3,(H,11,12). The normalized spacial score (nSPS) is 13.2. The molecule has 0 saturated heterocycles. The molecule has 0 aromatic rings. The van der Waals surface area contributed by atoms with Crippen molar-refractivity contribution in [1.82, 2.24) is 0 Å². The molecule has 78 valence electrons. The maximum Gasteiger partial charge on any atom is 0.306 e. The monoisotopic (exact) mass is 188 g/mol. The highest BCUT2D eigenvalue weighted by Gasteiger charge is 2.13. The van der Waals surface area contributed by atoms with Crippen LogP contribution in [0.15, 0.2) is 0 Å². The minimum absolute atomic E-state index is 0.198. The molecule has 1 unspecified atom stereocenters. The maximum atomic E-state index is 10.6. The highest BCUT2D eigenvalue weighted by molar-refractivity contribution is 5.69. The molecule has 0 heterocycles. The van der Waals surface area contributed by atoms with E-state index in [1.807, 2.05) is 20.8 Å². The van der Waals surface area contributed by atoms with Crippen LogP contribution in [0.25, 0.3) is 0 Å². The molecule has 3 nitrogen and oxygen atoms in total. The minimum Gasteiger partial charge on any atom is -0.481 e. The summed E-state index contributed by atoms with van der Waals surface area (Å²) in [6.07, 6.45) is 2.50. The summed E-state index contributed by atoms with van der Waals surface area (Å²) in [5.41, 5.74) is 0. The first-order valence-electron chi connectivity index (χ1n) is 4.92. The van der Waals surface area contributed by atoms with Crippen LogP contribution < -0.4 is 0 Å². The van der Waals surface area contributed by atoms with Crippen LogP contribution >= 0.6 is 0 Å². The van der Waals surface area contributed by atoms with Gasteiger partial charge in [0.2, 0.25) is 0 Å². The van der Waals surface area contributed by atoms with Gasteiger partial charge in [0, 0.05) is 6.61 Å². The molecule has 0 amide bonds. The Morgan fingerprint density at radius 1 is 1.46 bits per heavy atom. The van der Waals surface area contributed by atoms with Gasteiger partial charge in [-0.2, -0.15) is 0 Å². The summed E-state index contributed by atoms with van der Waals surface area (Å²) >= 11 is 0. The molecule has 13 heavy (non-hydrogen) atoms. The first kappa shape index (κ1) is 12.4. The number of ether oxygens (including phenoxy) is 1. The van der Waals surface area contributed by atoms with E-state index in [-0.39, 0.29) is 12.0 Å². The van der Waals surface area contributed by atoms with Crippen molar-refractivity contribution in [2.45, 2.75) is 46.1 Å². The van der Waals surface area contributed by atoms with Gasteiger partial charge < -0.3 is 9.84 Å². The molecule has 1 N–H and O–H groups in total. The number of rotatable bonds is 7. The lowest BCUT2D eigenvalue weighted by molar-refractivity contribution is -0.142. The molecule has 0 bridgehead atoms. The third-order valence-electron chi connectivity index (χ3n) is 1.99. The maximum absolute atomic E-state index is 10.6. The highest BCUT2D eigenvalue weighted by atomic mass is 16.5. The van der Waals surface area contributed by atoms with Gasteiger partial charge in [-0.25, -0.2) is 0 Å². The average molecular weight is 188 g/mol. The summed E-state index contributed by atoms with van der Waals surface area (Å²) in [7, 11) is 0. The Labute approximate surface area is 80.1 Å². The zero-order valence-corrected chi connectivity index (χ0v) is 8.75. The van der Waals surface area contributed by atoms with Crippen LogP contribution in [0.1, 0.15) is 40.0 Å². The lowest BCUT2D eigenvalue weighted by atomic mass is 10.0. The second kappa shape index (κ2) is 6.89. The van der Waals surface area contributed by atoms with Crippen LogP contribution in [0.2, 0.25) is 0 Å². The number of aliphatic carboxylic acids is 1. The molecule has 0 aliphatic heterocycles. The predicted molar refractivity (Wildman–Crippen MR) is 51.7 cm³/mol. The van der Waals surface area contributed by atoms with E-state index in [4.69, 9.17) is 9.84 Å². The Hall–Kier alpha value is -0.570. The van der Waals surface area contributed by atoms with Crippen molar-refractivity contribution in [2.24, 2.45) is 5.92 Å². The van der Waals surface area contributed by atoms with Gasteiger partial charge >= 0.3 is 5.97 Å². The van der Waals surface area contributed by atoms with E-state index in [1.165, 1.54) is 0 Å².